The van der Waals surface area contributed by atoms with E-state index < -0.39 is 24.0 Å². The van der Waals surface area contributed by atoms with Gasteiger partial charge in [-0.1, -0.05) is 60.7 Å². The zero-order chi connectivity index (χ0) is 18.8. The van der Waals surface area contributed by atoms with Gasteiger partial charge in [0, 0.05) is 0 Å². The quantitative estimate of drug-likeness (QED) is 0.586. The number of nitrogens with two attached hydrogens (primary N) is 1. The highest BCUT2D eigenvalue weighted by Crippen LogP contribution is 2.05. The lowest BCUT2D eigenvalue weighted by Crippen LogP contribution is -2.48. The zero-order valence-electron chi connectivity index (χ0n) is 14.5. The van der Waals surface area contributed by atoms with Gasteiger partial charge in [0.05, 0.1) is 25.1 Å². The van der Waals surface area contributed by atoms with E-state index in [9.17, 15) is 14.7 Å². The molecule has 0 aliphatic rings. The van der Waals surface area contributed by atoms with Crippen molar-refractivity contribution in [2.24, 2.45) is 5.73 Å². The van der Waals surface area contributed by atoms with E-state index in [0.29, 0.717) is 6.42 Å². The Hall–Kier alpha value is -2.70. The number of hydrogen-bond donors (Lipinski definition) is 3. The minimum atomic E-state index is -1.02. The van der Waals surface area contributed by atoms with Crippen molar-refractivity contribution in [3.8, 4) is 0 Å². The minimum absolute atomic E-state index is 0.140. The summed E-state index contributed by atoms with van der Waals surface area (Å²) in [5.74, 6) is -1.03. The molecule has 4 N–H and O–H groups in total. The van der Waals surface area contributed by atoms with Crippen LogP contribution in [0.25, 0.3) is 0 Å². The Kier molecular flexibility index (Phi) is 7.79. The Morgan fingerprint density at radius 2 is 1.58 bits per heavy atom. The van der Waals surface area contributed by atoms with Crippen LogP contribution >= 0.6 is 0 Å². The van der Waals surface area contributed by atoms with Gasteiger partial charge in [0.15, 0.2) is 0 Å². The average Bonchev–Trinajstić information content (AvgIpc) is 2.67. The Bertz CT molecular complexity index is 691. The zero-order valence-corrected chi connectivity index (χ0v) is 14.5. The van der Waals surface area contributed by atoms with Gasteiger partial charge in [0.1, 0.15) is 6.61 Å². The van der Waals surface area contributed by atoms with Crippen LogP contribution in [0.1, 0.15) is 17.5 Å². The third kappa shape index (κ3) is 6.66. The van der Waals surface area contributed by atoms with Gasteiger partial charge in [0.25, 0.3) is 0 Å². The van der Waals surface area contributed by atoms with Crippen molar-refractivity contribution in [1.82, 2.24) is 5.32 Å². The first-order valence-corrected chi connectivity index (χ1v) is 8.48. The van der Waals surface area contributed by atoms with E-state index >= 15 is 0 Å². The van der Waals surface area contributed by atoms with E-state index in [1.165, 1.54) is 0 Å². The van der Waals surface area contributed by atoms with Crippen LogP contribution in [-0.2, 0) is 27.4 Å². The summed E-state index contributed by atoms with van der Waals surface area (Å²) >= 11 is 0. The summed E-state index contributed by atoms with van der Waals surface area (Å²) in [6.07, 6.45) is 0.260. The molecule has 0 fully saturated rings. The van der Waals surface area contributed by atoms with Crippen LogP contribution in [0.5, 0.6) is 0 Å². The monoisotopic (exact) mass is 356 g/mol. The van der Waals surface area contributed by atoms with Gasteiger partial charge >= 0.3 is 5.97 Å². The van der Waals surface area contributed by atoms with Gasteiger partial charge in [-0.2, -0.15) is 0 Å². The standard InChI is InChI=1S/C20H24N2O4/c21-18(12-19(24)26-14-16-9-5-2-6-10-16)20(25)22-17(13-23)11-15-7-3-1-4-8-15/h1-10,17-18,23H,11-14,21H2,(H,22,25). The van der Waals surface area contributed by atoms with Crippen LogP contribution in [0.2, 0.25) is 0 Å². The van der Waals surface area contributed by atoms with Gasteiger partial charge in [-0.3, -0.25) is 9.59 Å². The van der Waals surface area contributed by atoms with Gasteiger partial charge in [-0.05, 0) is 17.5 Å². The highest BCUT2D eigenvalue weighted by Gasteiger charge is 2.21. The van der Waals surface area contributed by atoms with Crippen LogP contribution < -0.4 is 11.1 Å². The average molecular weight is 356 g/mol. The van der Waals surface area contributed by atoms with E-state index in [0.717, 1.165) is 11.1 Å². The number of nitrogens with one attached hydrogen (secondary N) is 1. The maximum absolute atomic E-state index is 12.2. The minimum Gasteiger partial charge on any atom is -0.461 e. The third-order valence-electron chi connectivity index (χ3n) is 3.86. The molecule has 1 amide bonds. The lowest BCUT2D eigenvalue weighted by Gasteiger charge is -2.19. The number of benzene rings is 2. The Labute approximate surface area is 153 Å². The van der Waals surface area contributed by atoms with Crippen molar-refractivity contribution >= 4 is 11.9 Å². The van der Waals surface area contributed by atoms with Crippen LogP contribution in [0.15, 0.2) is 60.7 Å². The second kappa shape index (κ2) is 10.3. The molecule has 2 unspecified atom stereocenters. The van der Waals surface area contributed by atoms with E-state index in [1.807, 2.05) is 60.7 Å². The summed E-state index contributed by atoms with van der Waals surface area (Å²) in [5, 5.41) is 12.1. The molecule has 0 aliphatic carbocycles. The first kappa shape index (κ1) is 19.6. The normalized spacial score (nSPS) is 12.8. The second-order valence-corrected chi connectivity index (χ2v) is 6.03. The molecule has 0 radical (unpaired) electrons. The van der Waals surface area contributed by atoms with Crippen LogP contribution in [-0.4, -0.2) is 35.7 Å². The number of aliphatic hydroxyl groups is 1. The molecule has 0 aliphatic heterocycles. The summed E-state index contributed by atoms with van der Waals surface area (Å²) in [5.41, 5.74) is 7.64. The van der Waals surface area contributed by atoms with E-state index in [1.54, 1.807) is 0 Å². The molecule has 6 nitrogen and oxygen atoms in total. The first-order chi connectivity index (χ1) is 12.6. The number of aliphatic hydroxyl groups excluding tert-OH is 1. The number of ether oxygens (including phenoxy) is 1. The van der Waals surface area contributed by atoms with Crippen LogP contribution in [0.3, 0.4) is 0 Å². The van der Waals surface area contributed by atoms with Crippen molar-refractivity contribution in [3.63, 3.8) is 0 Å². The predicted octanol–water partition coefficient (Wildman–Crippen LogP) is 1.17. The van der Waals surface area contributed by atoms with Gasteiger partial charge in [-0.15, -0.1) is 0 Å². The summed E-state index contributed by atoms with van der Waals surface area (Å²) in [6, 6.07) is 17.3. The summed E-state index contributed by atoms with van der Waals surface area (Å²) in [4.78, 5) is 24.0. The topological polar surface area (TPSA) is 102 Å². The van der Waals surface area contributed by atoms with Gasteiger partial charge in [0.2, 0.25) is 5.91 Å². The molecule has 0 bridgehead atoms. The van der Waals surface area contributed by atoms with Crippen LogP contribution in [0.4, 0.5) is 0 Å². The first-order valence-electron chi connectivity index (χ1n) is 8.48. The lowest BCUT2D eigenvalue weighted by atomic mass is 10.1. The highest BCUT2D eigenvalue weighted by molar-refractivity contribution is 5.86. The third-order valence-corrected chi connectivity index (χ3v) is 3.86. The second-order valence-electron chi connectivity index (χ2n) is 6.03. The van der Waals surface area contributed by atoms with Gasteiger partial charge < -0.3 is 20.9 Å². The molecule has 0 heterocycles. The molecule has 0 saturated carbocycles. The molecular formula is C20H24N2O4. The van der Waals surface area contributed by atoms with Crippen LogP contribution in [0, 0.1) is 0 Å². The number of carbonyl (C=O) groups is 2. The molecule has 2 atom stereocenters. The summed E-state index contributed by atoms with van der Waals surface area (Å²) in [7, 11) is 0. The maximum Gasteiger partial charge on any atom is 0.308 e. The van der Waals surface area contributed by atoms with Gasteiger partial charge in [-0.25, -0.2) is 0 Å². The summed E-state index contributed by atoms with van der Waals surface area (Å²) < 4.78 is 5.13. The fraction of sp³-hybridized carbons (Fsp3) is 0.300. The Morgan fingerprint density at radius 3 is 2.15 bits per heavy atom. The predicted molar refractivity (Wildman–Crippen MR) is 98.0 cm³/mol. The highest BCUT2D eigenvalue weighted by atomic mass is 16.5. The number of rotatable bonds is 9. The summed E-state index contributed by atoms with van der Waals surface area (Å²) in [6.45, 7) is -0.0763. The fourth-order valence-corrected chi connectivity index (χ4v) is 2.44. The lowest BCUT2D eigenvalue weighted by molar-refractivity contribution is -0.146. The SMILES string of the molecule is NC(CC(=O)OCc1ccccc1)C(=O)NC(CO)Cc1ccccc1. The molecule has 0 spiro atoms. The van der Waals surface area contributed by atoms with E-state index in [4.69, 9.17) is 10.5 Å². The Balaban J connectivity index is 1.77. The molecule has 2 rings (SSSR count). The number of carbonyl (C=O) groups excluding carboxylic acids is 2. The number of esters is 1. The molecule has 0 saturated heterocycles. The van der Waals surface area contributed by atoms with Crippen molar-refractivity contribution in [2.45, 2.75) is 31.5 Å². The largest absolute Gasteiger partial charge is 0.461 e. The Morgan fingerprint density at radius 1 is 1.00 bits per heavy atom. The number of hydrogen-bond acceptors (Lipinski definition) is 5. The van der Waals surface area contributed by atoms with Crippen molar-refractivity contribution in [2.75, 3.05) is 6.61 Å². The smallest absolute Gasteiger partial charge is 0.308 e. The molecule has 0 aromatic heterocycles. The molecule has 26 heavy (non-hydrogen) atoms. The molecule has 2 aromatic carbocycles. The van der Waals surface area contributed by atoms with Crippen molar-refractivity contribution in [1.29, 1.82) is 0 Å². The van der Waals surface area contributed by atoms with E-state index in [2.05, 4.69) is 5.32 Å². The van der Waals surface area contributed by atoms with Crippen molar-refractivity contribution < 1.29 is 19.4 Å². The van der Waals surface area contributed by atoms with E-state index in [-0.39, 0.29) is 19.6 Å². The molecular weight excluding hydrogens is 332 g/mol. The maximum atomic E-state index is 12.2. The number of amides is 1. The molecule has 138 valence electrons. The fourth-order valence-electron chi connectivity index (χ4n) is 2.44. The van der Waals surface area contributed by atoms with Crippen molar-refractivity contribution in [3.05, 3.63) is 71.8 Å². The molecule has 6 heteroatoms. The molecule has 2 aromatic rings.